The average molecular weight is 336 g/mol. The molecule has 1 rings (SSSR count). The summed E-state index contributed by atoms with van der Waals surface area (Å²) < 4.78 is 31.4. The Labute approximate surface area is 115 Å². The molecule has 0 saturated carbocycles. The molecule has 1 unspecified atom stereocenters. The number of halogens is 1. The van der Waals surface area contributed by atoms with E-state index >= 15 is 0 Å². The highest BCUT2D eigenvalue weighted by atomic mass is 79.9. The minimum atomic E-state index is -3.79. The van der Waals surface area contributed by atoms with E-state index in [1.54, 1.807) is 18.2 Å². The minimum absolute atomic E-state index is 0.409. The highest BCUT2D eigenvalue weighted by molar-refractivity contribution is 9.10. The molecule has 0 fully saturated rings. The van der Waals surface area contributed by atoms with Crippen LogP contribution in [0.1, 0.15) is 12.5 Å². The quantitative estimate of drug-likeness (QED) is 0.855. The molecule has 0 bridgehead atoms. The van der Waals surface area contributed by atoms with Gasteiger partial charge in [0.1, 0.15) is 0 Å². The Bertz CT molecular complexity index is 556. The summed E-state index contributed by atoms with van der Waals surface area (Å²) >= 11 is 3.32. The third-order valence-corrected chi connectivity index (χ3v) is 4.95. The minimum Gasteiger partial charge on any atom is -0.468 e. The first-order valence-corrected chi connectivity index (χ1v) is 7.47. The molecule has 18 heavy (non-hydrogen) atoms. The predicted octanol–water partition coefficient (Wildman–Crippen LogP) is 2.06. The van der Waals surface area contributed by atoms with Gasteiger partial charge >= 0.3 is 5.97 Å². The highest BCUT2D eigenvalue weighted by Crippen LogP contribution is 2.21. The van der Waals surface area contributed by atoms with Gasteiger partial charge in [0.25, 0.3) is 0 Å². The summed E-state index contributed by atoms with van der Waals surface area (Å²) in [4.78, 5) is 11.2. The van der Waals surface area contributed by atoms with E-state index in [1.165, 1.54) is 6.92 Å². The smallest absolute Gasteiger partial charge is 0.325 e. The van der Waals surface area contributed by atoms with Crippen molar-refractivity contribution in [3.05, 3.63) is 28.2 Å². The number of benzene rings is 1. The molecule has 0 aliphatic heterocycles. The third kappa shape index (κ3) is 3.46. The van der Waals surface area contributed by atoms with Gasteiger partial charge in [-0.25, -0.2) is 8.42 Å². The molecule has 0 amide bonds. The number of rotatable bonds is 4. The van der Waals surface area contributed by atoms with E-state index < -0.39 is 21.2 Å². The number of esters is 1. The summed E-state index contributed by atoms with van der Waals surface area (Å²) in [5, 5.41) is -1.26. The third-order valence-electron chi connectivity index (χ3n) is 2.42. The van der Waals surface area contributed by atoms with Crippen LogP contribution in [0, 0.1) is 6.92 Å². The Morgan fingerprint density at radius 1 is 1.44 bits per heavy atom. The van der Waals surface area contributed by atoms with Crippen LogP contribution in [-0.2, 0) is 19.6 Å². The Kier molecular flexibility index (Phi) is 4.75. The normalized spacial score (nSPS) is 12.9. The number of sulfonamides is 1. The molecule has 100 valence electrons. The summed E-state index contributed by atoms with van der Waals surface area (Å²) in [6.07, 6.45) is 0. The average Bonchev–Trinajstić information content (AvgIpc) is 2.31. The molecule has 0 radical (unpaired) electrons. The van der Waals surface area contributed by atoms with E-state index in [0.29, 0.717) is 5.69 Å². The van der Waals surface area contributed by atoms with Crippen molar-refractivity contribution < 1.29 is 17.9 Å². The van der Waals surface area contributed by atoms with Gasteiger partial charge in [0.2, 0.25) is 10.0 Å². The molecule has 0 heterocycles. The number of nitrogens with one attached hydrogen (secondary N) is 1. The standard InChI is InChI=1S/C11H14BrNO4S/c1-7-6-9(4-5-10(7)12)13-18(15,16)8(2)11(14)17-3/h4-6,8,13H,1-3H3. The molecule has 0 aliphatic carbocycles. The van der Waals surface area contributed by atoms with Crippen LogP contribution >= 0.6 is 15.9 Å². The molecule has 1 N–H and O–H groups in total. The van der Waals surface area contributed by atoms with Gasteiger partial charge in [0.05, 0.1) is 7.11 Å². The zero-order valence-electron chi connectivity index (χ0n) is 10.2. The van der Waals surface area contributed by atoms with Crippen LogP contribution in [0.15, 0.2) is 22.7 Å². The van der Waals surface area contributed by atoms with Crippen molar-refractivity contribution in [3.63, 3.8) is 0 Å². The highest BCUT2D eigenvalue weighted by Gasteiger charge is 2.28. The molecular weight excluding hydrogens is 322 g/mol. The van der Waals surface area contributed by atoms with Crippen LogP contribution in [0.2, 0.25) is 0 Å². The van der Waals surface area contributed by atoms with Crippen LogP contribution < -0.4 is 4.72 Å². The predicted molar refractivity (Wildman–Crippen MR) is 72.9 cm³/mol. The molecule has 7 heteroatoms. The lowest BCUT2D eigenvalue weighted by molar-refractivity contribution is -0.139. The van der Waals surface area contributed by atoms with Crippen LogP contribution in [0.25, 0.3) is 0 Å². The van der Waals surface area contributed by atoms with Crippen molar-refractivity contribution in [2.45, 2.75) is 19.1 Å². The zero-order chi connectivity index (χ0) is 13.9. The largest absolute Gasteiger partial charge is 0.468 e. The van der Waals surface area contributed by atoms with Gasteiger partial charge in [-0.1, -0.05) is 15.9 Å². The molecule has 1 atom stereocenters. The second kappa shape index (κ2) is 5.71. The summed E-state index contributed by atoms with van der Waals surface area (Å²) in [6, 6.07) is 5.01. The number of hydrogen-bond acceptors (Lipinski definition) is 4. The number of ether oxygens (including phenoxy) is 1. The Hall–Kier alpha value is -1.08. The van der Waals surface area contributed by atoms with Crippen molar-refractivity contribution in [1.82, 2.24) is 0 Å². The fourth-order valence-corrected chi connectivity index (χ4v) is 2.48. The number of carbonyl (C=O) groups excluding carboxylic acids is 1. The number of aryl methyl sites for hydroxylation is 1. The van der Waals surface area contributed by atoms with E-state index in [-0.39, 0.29) is 0 Å². The second-order valence-electron chi connectivity index (χ2n) is 3.78. The molecule has 1 aromatic rings. The maximum atomic E-state index is 11.9. The van der Waals surface area contributed by atoms with Gasteiger partial charge in [-0.2, -0.15) is 0 Å². The van der Waals surface area contributed by atoms with Crippen molar-refractivity contribution >= 4 is 37.6 Å². The molecule has 0 aliphatic rings. The van der Waals surface area contributed by atoms with Gasteiger partial charge in [0.15, 0.2) is 5.25 Å². The van der Waals surface area contributed by atoms with E-state index in [1.807, 2.05) is 6.92 Å². The molecule has 0 spiro atoms. The Balaban J connectivity index is 2.95. The fourth-order valence-electron chi connectivity index (χ4n) is 1.25. The van der Waals surface area contributed by atoms with Gasteiger partial charge in [-0.05, 0) is 37.6 Å². The van der Waals surface area contributed by atoms with Crippen LogP contribution in [0.4, 0.5) is 5.69 Å². The van der Waals surface area contributed by atoms with Crippen LogP contribution in [0.3, 0.4) is 0 Å². The van der Waals surface area contributed by atoms with Gasteiger partial charge < -0.3 is 4.74 Å². The lowest BCUT2D eigenvalue weighted by Gasteiger charge is -2.13. The monoisotopic (exact) mass is 335 g/mol. The van der Waals surface area contributed by atoms with Crippen molar-refractivity contribution in [2.75, 3.05) is 11.8 Å². The second-order valence-corrected chi connectivity index (χ2v) is 6.63. The number of anilines is 1. The molecular formula is C11H14BrNO4S. The van der Waals surface area contributed by atoms with Gasteiger partial charge in [-0.3, -0.25) is 9.52 Å². The van der Waals surface area contributed by atoms with Crippen molar-refractivity contribution in [2.24, 2.45) is 0 Å². The summed E-state index contributed by atoms with van der Waals surface area (Å²) in [6.45, 7) is 3.12. The molecule has 0 saturated heterocycles. The Morgan fingerprint density at radius 2 is 2.06 bits per heavy atom. The van der Waals surface area contributed by atoms with E-state index in [0.717, 1.165) is 17.1 Å². The summed E-state index contributed by atoms with van der Waals surface area (Å²) in [5.74, 6) is -0.795. The topological polar surface area (TPSA) is 72.5 Å². The number of hydrogen-bond donors (Lipinski definition) is 1. The van der Waals surface area contributed by atoms with E-state index in [9.17, 15) is 13.2 Å². The first-order valence-electron chi connectivity index (χ1n) is 5.13. The zero-order valence-corrected chi connectivity index (χ0v) is 12.6. The van der Waals surface area contributed by atoms with Crippen molar-refractivity contribution in [3.8, 4) is 0 Å². The molecule has 5 nitrogen and oxygen atoms in total. The summed E-state index contributed by atoms with van der Waals surface area (Å²) in [5.41, 5.74) is 1.30. The fraction of sp³-hybridized carbons (Fsp3) is 0.364. The number of carbonyl (C=O) groups is 1. The molecule has 1 aromatic carbocycles. The molecule has 0 aromatic heterocycles. The Morgan fingerprint density at radius 3 is 2.56 bits per heavy atom. The first-order chi connectivity index (χ1) is 8.27. The number of methoxy groups -OCH3 is 1. The van der Waals surface area contributed by atoms with Gasteiger partial charge in [0, 0.05) is 10.2 Å². The lowest BCUT2D eigenvalue weighted by atomic mass is 10.2. The SMILES string of the molecule is COC(=O)C(C)S(=O)(=O)Nc1ccc(Br)c(C)c1. The van der Waals surface area contributed by atoms with Gasteiger partial charge in [-0.15, -0.1) is 0 Å². The maximum absolute atomic E-state index is 11.9. The maximum Gasteiger partial charge on any atom is 0.325 e. The lowest BCUT2D eigenvalue weighted by Crippen LogP contribution is -2.33. The van der Waals surface area contributed by atoms with Crippen molar-refractivity contribution in [1.29, 1.82) is 0 Å². The van der Waals surface area contributed by atoms with Crippen LogP contribution in [-0.4, -0.2) is 26.7 Å². The summed E-state index contributed by atoms with van der Waals surface area (Å²) in [7, 11) is -2.64. The van der Waals surface area contributed by atoms with E-state index in [4.69, 9.17) is 0 Å². The first kappa shape index (κ1) is 15.0. The van der Waals surface area contributed by atoms with Crippen LogP contribution in [0.5, 0.6) is 0 Å². The van der Waals surface area contributed by atoms with E-state index in [2.05, 4.69) is 25.4 Å².